The largest absolute Gasteiger partial charge is 0.338 e. The van der Waals surface area contributed by atoms with E-state index in [1.165, 1.54) is 25.9 Å². The van der Waals surface area contributed by atoms with Crippen molar-refractivity contribution in [1.29, 1.82) is 0 Å². The van der Waals surface area contributed by atoms with Gasteiger partial charge < -0.3 is 4.90 Å². The van der Waals surface area contributed by atoms with Crippen molar-refractivity contribution >= 4 is 5.95 Å². The first-order chi connectivity index (χ1) is 7.43. The van der Waals surface area contributed by atoms with Crippen LogP contribution in [0.1, 0.15) is 12.8 Å². The van der Waals surface area contributed by atoms with Crippen LogP contribution in [0.3, 0.4) is 0 Å². The average Bonchev–Trinajstić information content (AvgIpc) is 2.77. The van der Waals surface area contributed by atoms with Crippen LogP contribution in [-0.4, -0.2) is 47.1 Å². The number of hydrogen-bond acceptors (Lipinski definition) is 4. The Balaban J connectivity index is 1.74. The van der Waals surface area contributed by atoms with Crippen molar-refractivity contribution in [3.05, 3.63) is 18.5 Å². The smallest absolute Gasteiger partial charge is 0.225 e. The molecule has 0 N–H and O–H groups in total. The van der Waals surface area contributed by atoms with E-state index in [-0.39, 0.29) is 0 Å². The molecule has 4 heteroatoms. The molecular formula is C11H16N4. The summed E-state index contributed by atoms with van der Waals surface area (Å²) in [7, 11) is 0. The molecule has 0 saturated carbocycles. The predicted octanol–water partition coefficient (Wildman–Crippen LogP) is 0.761. The lowest BCUT2D eigenvalue weighted by Gasteiger charge is -2.37. The van der Waals surface area contributed by atoms with Gasteiger partial charge in [0.1, 0.15) is 0 Å². The van der Waals surface area contributed by atoms with E-state index in [2.05, 4.69) is 19.8 Å². The molecule has 4 nitrogen and oxygen atoms in total. The summed E-state index contributed by atoms with van der Waals surface area (Å²) in [6, 6.07) is 2.61. The lowest BCUT2D eigenvalue weighted by molar-refractivity contribution is 0.229. The Labute approximate surface area is 89.9 Å². The van der Waals surface area contributed by atoms with Gasteiger partial charge in [-0.05, 0) is 25.5 Å². The zero-order valence-corrected chi connectivity index (χ0v) is 8.84. The Morgan fingerprint density at radius 2 is 2.00 bits per heavy atom. The molecule has 0 bridgehead atoms. The van der Waals surface area contributed by atoms with Crippen LogP contribution in [0.5, 0.6) is 0 Å². The molecule has 0 aromatic carbocycles. The third-order valence-corrected chi connectivity index (χ3v) is 3.42. The Morgan fingerprint density at radius 3 is 2.87 bits per heavy atom. The highest BCUT2D eigenvalue weighted by molar-refractivity contribution is 5.30. The van der Waals surface area contributed by atoms with Gasteiger partial charge in [0.25, 0.3) is 0 Å². The van der Waals surface area contributed by atoms with E-state index >= 15 is 0 Å². The summed E-state index contributed by atoms with van der Waals surface area (Å²) in [5.41, 5.74) is 0. The van der Waals surface area contributed by atoms with E-state index in [0.29, 0.717) is 0 Å². The molecule has 2 aliphatic heterocycles. The molecule has 2 aliphatic rings. The third kappa shape index (κ3) is 1.69. The summed E-state index contributed by atoms with van der Waals surface area (Å²) in [6.07, 6.45) is 6.34. The lowest BCUT2D eigenvalue weighted by Crippen LogP contribution is -2.50. The first kappa shape index (κ1) is 9.09. The van der Waals surface area contributed by atoms with E-state index in [4.69, 9.17) is 0 Å². The maximum absolute atomic E-state index is 4.31. The maximum atomic E-state index is 4.31. The highest BCUT2D eigenvalue weighted by Gasteiger charge is 2.31. The first-order valence-electron chi connectivity index (χ1n) is 5.69. The number of rotatable bonds is 1. The van der Waals surface area contributed by atoms with E-state index in [0.717, 1.165) is 25.1 Å². The third-order valence-electron chi connectivity index (χ3n) is 3.42. The van der Waals surface area contributed by atoms with Crippen molar-refractivity contribution in [2.24, 2.45) is 0 Å². The summed E-state index contributed by atoms with van der Waals surface area (Å²) in [6.45, 7) is 4.63. The Kier molecular flexibility index (Phi) is 2.29. The van der Waals surface area contributed by atoms with Crippen LogP contribution in [0.15, 0.2) is 18.5 Å². The second-order valence-electron chi connectivity index (χ2n) is 4.33. The fourth-order valence-electron chi connectivity index (χ4n) is 2.63. The van der Waals surface area contributed by atoms with Crippen LogP contribution in [-0.2, 0) is 0 Å². The molecule has 2 fully saturated rings. The minimum absolute atomic E-state index is 0.738. The van der Waals surface area contributed by atoms with Gasteiger partial charge in [0, 0.05) is 38.1 Å². The number of anilines is 1. The van der Waals surface area contributed by atoms with Gasteiger partial charge in [-0.25, -0.2) is 9.97 Å². The molecule has 3 rings (SSSR count). The summed E-state index contributed by atoms with van der Waals surface area (Å²) in [4.78, 5) is 13.5. The van der Waals surface area contributed by atoms with Gasteiger partial charge in [-0.3, -0.25) is 4.90 Å². The summed E-state index contributed by atoms with van der Waals surface area (Å²) in [5, 5.41) is 0. The summed E-state index contributed by atoms with van der Waals surface area (Å²) >= 11 is 0. The second-order valence-corrected chi connectivity index (χ2v) is 4.33. The highest BCUT2D eigenvalue weighted by Crippen LogP contribution is 2.23. The molecule has 0 amide bonds. The van der Waals surface area contributed by atoms with Gasteiger partial charge in [0.2, 0.25) is 5.95 Å². The number of piperazine rings is 1. The van der Waals surface area contributed by atoms with E-state index < -0.39 is 0 Å². The SMILES string of the molecule is c1cnc(N2CCN3CCCC3C2)nc1. The predicted molar refractivity (Wildman–Crippen MR) is 58.8 cm³/mol. The molecule has 80 valence electrons. The molecule has 0 radical (unpaired) electrons. The number of fused-ring (bicyclic) bond motifs is 1. The average molecular weight is 204 g/mol. The zero-order valence-electron chi connectivity index (χ0n) is 8.84. The Morgan fingerprint density at radius 1 is 1.13 bits per heavy atom. The zero-order chi connectivity index (χ0) is 10.1. The lowest BCUT2D eigenvalue weighted by atomic mass is 10.2. The molecule has 2 saturated heterocycles. The van der Waals surface area contributed by atoms with Gasteiger partial charge in [-0.2, -0.15) is 0 Å². The molecule has 15 heavy (non-hydrogen) atoms. The van der Waals surface area contributed by atoms with E-state index in [1.54, 1.807) is 0 Å². The fraction of sp³-hybridized carbons (Fsp3) is 0.636. The maximum Gasteiger partial charge on any atom is 0.225 e. The monoisotopic (exact) mass is 204 g/mol. The fourth-order valence-corrected chi connectivity index (χ4v) is 2.63. The van der Waals surface area contributed by atoms with Crippen LogP contribution < -0.4 is 4.90 Å². The number of nitrogens with zero attached hydrogens (tertiary/aromatic N) is 4. The minimum Gasteiger partial charge on any atom is -0.338 e. The summed E-state index contributed by atoms with van der Waals surface area (Å²) in [5.74, 6) is 0.893. The standard InChI is InChI=1S/C11H16N4/c1-3-10-9-15(8-7-14(10)6-1)11-12-4-2-5-13-11/h2,4-5,10H,1,3,6-9H2. The van der Waals surface area contributed by atoms with Crippen molar-refractivity contribution in [3.8, 4) is 0 Å². The van der Waals surface area contributed by atoms with E-state index in [1.807, 2.05) is 18.5 Å². The molecular weight excluding hydrogens is 188 g/mol. The molecule has 1 aromatic rings. The summed E-state index contributed by atoms with van der Waals surface area (Å²) < 4.78 is 0. The highest BCUT2D eigenvalue weighted by atomic mass is 15.3. The van der Waals surface area contributed by atoms with Crippen LogP contribution in [0.4, 0.5) is 5.95 Å². The Hall–Kier alpha value is -1.16. The molecule has 3 heterocycles. The molecule has 0 aliphatic carbocycles. The van der Waals surface area contributed by atoms with Crippen molar-refractivity contribution in [2.75, 3.05) is 31.1 Å². The second kappa shape index (κ2) is 3.77. The van der Waals surface area contributed by atoms with Gasteiger partial charge in [-0.15, -0.1) is 0 Å². The Bertz CT molecular complexity index is 327. The van der Waals surface area contributed by atoms with Crippen LogP contribution in [0.25, 0.3) is 0 Å². The van der Waals surface area contributed by atoms with Crippen molar-refractivity contribution in [3.63, 3.8) is 0 Å². The number of aromatic nitrogens is 2. The normalized spacial score (nSPS) is 26.7. The first-order valence-corrected chi connectivity index (χ1v) is 5.69. The molecule has 0 spiro atoms. The van der Waals surface area contributed by atoms with Crippen molar-refractivity contribution in [1.82, 2.24) is 14.9 Å². The van der Waals surface area contributed by atoms with Crippen molar-refractivity contribution in [2.45, 2.75) is 18.9 Å². The molecule has 1 aromatic heterocycles. The molecule has 1 unspecified atom stereocenters. The quantitative estimate of drug-likeness (QED) is 0.676. The minimum atomic E-state index is 0.738. The number of hydrogen-bond donors (Lipinski definition) is 0. The van der Waals surface area contributed by atoms with Crippen LogP contribution in [0, 0.1) is 0 Å². The van der Waals surface area contributed by atoms with Gasteiger partial charge >= 0.3 is 0 Å². The molecule has 1 atom stereocenters. The van der Waals surface area contributed by atoms with E-state index in [9.17, 15) is 0 Å². The van der Waals surface area contributed by atoms with Gasteiger partial charge in [0.15, 0.2) is 0 Å². The van der Waals surface area contributed by atoms with Gasteiger partial charge in [-0.1, -0.05) is 0 Å². The topological polar surface area (TPSA) is 32.3 Å². The van der Waals surface area contributed by atoms with Gasteiger partial charge in [0.05, 0.1) is 0 Å². The van der Waals surface area contributed by atoms with Crippen LogP contribution >= 0.6 is 0 Å². The van der Waals surface area contributed by atoms with Crippen molar-refractivity contribution < 1.29 is 0 Å². The van der Waals surface area contributed by atoms with Crippen LogP contribution in [0.2, 0.25) is 0 Å².